The maximum atomic E-state index is 5.63. The standard InChI is InChI=1S/C12H17ClN4/c1-10-9-11-12(14-6-4-2-3-5-13)15-7-8-17(11)16-10/h7-9H,2-6H2,1H3,(H,14,15). The largest absolute Gasteiger partial charge is 0.368 e. The summed E-state index contributed by atoms with van der Waals surface area (Å²) in [5, 5.41) is 7.70. The zero-order chi connectivity index (χ0) is 12.1. The predicted octanol–water partition coefficient (Wildman–Crippen LogP) is 2.86. The molecule has 0 aromatic carbocycles. The van der Waals surface area contributed by atoms with Gasteiger partial charge in [-0.25, -0.2) is 9.50 Å². The number of anilines is 1. The van der Waals surface area contributed by atoms with Gasteiger partial charge in [-0.05, 0) is 25.8 Å². The van der Waals surface area contributed by atoms with Crippen molar-refractivity contribution in [3.8, 4) is 0 Å². The molecule has 2 aromatic heterocycles. The minimum atomic E-state index is 0.746. The van der Waals surface area contributed by atoms with Gasteiger partial charge in [0, 0.05) is 24.8 Å². The predicted molar refractivity (Wildman–Crippen MR) is 70.8 cm³/mol. The van der Waals surface area contributed by atoms with E-state index in [4.69, 9.17) is 11.6 Å². The van der Waals surface area contributed by atoms with E-state index in [2.05, 4.69) is 15.4 Å². The van der Waals surface area contributed by atoms with Gasteiger partial charge in [0.15, 0.2) is 5.82 Å². The van der Waals surface area contributed by atoms with Gasteiger partial charge < -0.3 is 5.32 Å². The quantitative estimate of drug-likeness (QED) is 0.635. The van der Waals surface area contributed by atoms with Crippen LogP contribution in [-0.2, 0) is 0 Å². The third-order valence-corrected chi connectivity index (χ3v) is 2.88. The molecule has 0 spiro atoms. The van der Waals surface area contributed by atoms with Gasteiger partial charge in [-0.1, -0.05) is 6.42 Å². The number of nitrogens with one attached hydrogen (secondary N) is 1. The van der Waals surface area contributed by atoms with Crippen molar-refractivity contribution in [3.05, 3.63) is 24.2 Å². The first kappa shape index (κ1) is 12.2. The highest BCUT2D eigenvalue weighted by molar-refractivity contribution is 6.17. The normalized spacial score (nSPS) is 10.9. The lowest BCUT2D eigenvalue weighted by Gasteiger charge is -2.06. The molecule has 0 aliphatic rings. The summed E-state index contributed by atoms with van der Waals surface area (Å²) in [6.45, 7) is 2.91. The van der Waals surface area contributed by atoms with Crippen molar-refractivity contribution in [1.29, 1.82) is 0 Å². The molecule has 0 fully saturated rings. The summed E-state index contributed by atoms with van der Waals surface area (Å²) in [4.78, 5) is 4.34. The van der Waals surface area contributed by atoms with Crippen molar-refractivity contribution in [1.82, 2.24) is 14.6 Å². The molecule has 0 atom stereocenters. The van der Waals surface area contributed by atoms with Gasteiger partial charge in [0.1, 0.15) is 5.52 Å². The van der Waals surface area contributed by atoms with Crippen molar-refractivity contribution in [2.24, 2.45) is 0 Å². The third-order valence-electron chi connectivity index (χ3n) is 2.61. The van der Waals surface area contributed by atoms with Gasteiger partial charge in [0.25, 0.3) is 0 Å². The highest BCUT2D eigenvalue weighted by Crippen LogP contribution is 2.14. The summed E-state index contributed by atoms with van der Waals surface area (Å²) in [7, 11) is 0. The molecule has 0 amide bonds. The van der Waals surface area contributed by atoms with E-state index in [1.165, 1.54) is 0 Å². The van der Waals surface area contributed by atoms with Crippen LogP contribution in [0.4, 0.5) is 5.82 Å². The van der Waals surface area contributed by atoms with E-state index in [1.54, 1.807) is 6.20 Å². The number of hydrogen-bond acceptors (Lipinski definition) is 3. The van der Waals surface area contributed by atoms with Crippen LogP contribution in [0.3, 0.4) is 0 Å². The van der Waals surface area contributed by atoms with Gasteiger partial charge in [-0.2, -0.15) is 5.10 Å². The zero-order valence-electron chi connectivity index (χ0n) is 9.99. The number of fused-ring (bicyclic) bond motifs is 1. The fourth-order valence-electron chi connectivity index (χ4n) is 1.78. The molecule has 92 valence electrons. The van der Waals surface area contributed by atoms with Gasteiger partial charge in [-0.3, -0.25) is 0 Å². The molecule has 4 nitrogen and oxygen atoms in total. The summed E-state index contributed by atoms with van der Waals surface area (Å²) in [6.07, 6.45) is 6.97. The molecule has 2 aromatic rings. The summed E-state index contributed by atoms with van der Waals surface area (Å²) in [6, 6.07) is 2.04. The Morgan fingerprint density at radius 2 is 2.24 bits per heavy atom. The fourth-order valence-corrected chi connectivity index (χ4v) is 1.97. The average molecular weight is 253 g/mol. The molecule has 5 heteroatoms. The van der Waals surface area contributed by atoms with Crippen LogP contribution in [0.5, 0.6) is 0 Å². The highest BCUT2D eigenvalue weighted by atomic mass is 35.5. The molecule has 0 saturated heterocycles. The molecule has 0 aliphatic carbocycles. The van der Waals surface area contributed by atoms with E-state index in [1.807, 2.05) is 23.7 Å². The molecule has 0 saturated carbocycles. The van der Waals surface area contributed by atoms with Gasteiger partial charge in [0.05, 0.1) is 5.69 Å². The van der Waals surface area contributed by atoms with Crippen LogP contribution in [0.25, 0.3) is 5.52 Å². The van der Waals surface area contributed by atoms with Gasteiger partial charge in [-0.15, -0.1) is 11.6 Å². The van der Waals surface area contributed by atoms with Gasteiger partial charge >= 0.3 is 0 Å². The first-order valence-electron chi connectivity index (χ1n) is 5.92. The van der Waals surface area contributed by atoms with E-state index in [0.29, 0.717) is 0 Å². The topological polar surface area (TPSA) is 42.2 Å². The Morgan fingerprint density at radius 3 is 3.06 bits per heavy atom. The SMILES string of the molecule is Cc1cc2c(NCCCCCCl)nccn2n1. The van der Waals surface area contributed by atoms with Crippen molar-refractivity contribution in [3.63, 3.8) is 0 Å². The maximum Gasteiger partial charge on any atom is 0.152 e. The van der Waals surface area contributed by atoms with Crippen molar-refractivity contribution in [2.45, 2.75) is 26.2 Å². The van der Waals surface area contributed by atoms with Crippen LogP contribution < -0.4 is 5.32 Å². The van der Waals surface area contributed by atoms with Crippen LogP contribution in [0.15, 0.2) is 18.5 Å². The molecule has 0 bridgehead atoms. The monoisotopic (exact) mass is 252 g/mol. The van der Waals surface area contributed by atoms with Crippen LogP contribution in [0, 0.1) is 6.92 Å². The van der Waals surface area contributed by atoms with Crippen molar-refractivity contribution < 1.29 is 0 Å². The minimum absolute atomic E-state index is 0.746. The molecule has 0 aliphatic heterocycles. The third kappa shape index (κ3) is 3.09. The van der Waals surface area contributed by atoms with Crippen LogP contribution >= 0.6 is 11.6 Å². The number of nitrogens with zero attached hydrogens (tertiary/aromatic N) is 3. The summed E-state index contributed by atoms with van der Waals surface area (Å²) in [5.41, 5.74) is 2.03. The second kappa shape index (κ2) is 5.87. The lowest BCUT2D eigenvalue weighted by atomic mass is 10.2. The van der Waals surface area contributed by atoms with E-state index in [0.717, 1.165) is 48.7 Å². The van der Waals surface area contributed by atoms with Crippen molar-refractivity contribution in [2.75, 3.05) is 17.7 Å². The number of aryl methyl sites for hydroxylation is 1. The van der Waals surface area contributed by atoms with Crippen LogP contribution in [0.2, 0.25) is 0 Å². The highest BCUT2D eigenvalue weighted by Gasteiger charge is 2.03. The first-order chi connectivity index (χ1) is 8.31. The number of rotatable bonds is 6. The Hall–Kier alpha value is -1.29. The molecule has 2 heterocycles. The van der Waals surface area contributed by atoms with E-state index in [9.17, 15) is 0 Å². The van der Waals surface area contributed by atoms with Crippen LogP contribution in [0.1, 0.15) is 25.0 Å². The molecule has 0 radical (unpaired) electrons. The Morgan fingerprint density at radius 1 is 1.35 bits per heavy atom. The number of alkyl halides is 1. The Balaban J connectivity index is 1.98. The first-order valence-corrected chi connectivity index (χ1v) is 6.45. The van der Waals surface area contributed by atoms with Crippen LogP contribution in [-0.4, -0.2) is 27.0 Å². The summed E-state index contributed by atoms with van der Waals surface area (Å²) in [5.74, 6) is 1.65. The molecule has 0 unspecified atom stereocenters. The number of aromatic nitrogens is 3. The summed E-state index contributed by atoms with van der Waals surface area (Å²) < 4.78 is 1.85. The molecule has 2 rings (SSSR count). The summed E-state index contributed by atoms with van der Waals surface area (Å²) >= 11 is 5.63. The lowest BCUT2D eigenvalue weighted by molar-refractivity contribution is 0.745. The molecule has 17 heavy (non-hydrogen) atoms. The molecule has 1 N–H and O–H groups in total. The number of unbranched alkanes of at least 4 members (excludes halogenated alkanes) is 2. The minimum Gasteiger partial charge on any atom is -0.368 e. The number of hydrogen-bond donors (Lipinski definition) is 1. The van der Waals surface area contributed by atoms with Gasteiger partial charge in [0.2, 0.25) is 0 Å². The van der Waals surface area contributed by atoms with Crippen molar-refractivity contribution >= 4 is 22.9 Å². The maximum absolute atomic E-state index is 5.63. The molecular weight excluding hydrogens is 236 g/mol. The van der Waals surface area contributed by atoms with E-state index in [-0.39, 0.29) is 0 Å². The second-order valence-electron chi connectivity index (χ2n) is 4.07. The fraction of sp³-hybridized carbons (Fsp3) is 0.500. The Labute approximate surface area is 106 Å². The van der Waals surface area contributed by atoms with E-state index < -0.39 is 0 Å². The zero-order valence-corrected chi connectivity index (χ0v) is 10.7. The number of halogens is 1. The lowest BCUT2D eigenvalue weighted by Crippen LogP contribution is -2.05. The smallest absolute Gasteiger partial charge is 0.152 e. The Kier molecular flexibility index (Phi) is 4.20. The average Bonchev–Trinajstić information content (AvgIpc) is 2.70. The second-order valence-corrected chi connectivity index (χ2v) is 4.45. The molecular formula is C12H17ClN4. The van der Waals surface area contributed by atoms with E-state index >= 15 is 0 Å². The Bertz CT molecular complexity index is 480.